The molecule has 0 atom stereocenters. The second-order valence-corrected chi connectivity index (χ2v) is 7.39. The van der Waals surface area contributed by atoms with Crippen molar-refractivity contribution in [2.75, 3.05) is 11.4 Å². The Balaban J connectivity index is 1.49. The molecule has 1 saturated carbocycles. The minimum atomic E-state index is 0.738. The first kappa shape index (κ1) is 13.6. The van der Waals surface area contributed by atoms with Gasteiger partial charge in [-0.15, -0.1) is 11.3 Å². The number of hydrogen-bond acceptors (Lipinski definition) is 3. The van der Waals surface area contributed by atoms with Gasteiger partial charge in [0, 0.05) is 30.6 Å². The number of rotatable bonds is 4. The van der Waals surface area contributed by atoms with Gasteiger partial charge in [-0.1, -0.05) is 17.7 Å². The van der Waals surface area contributed by atoms with E-state index in [-0.39, 0.29) is 0 Å². The summed E-state index contributed by atoms with van der Waals surface area (Å²) in [7, 11) is 0. The molecule has 1 aliphatic heterocycles. The van der Waals surface area contributed by atoms with E-state index in [0.29, 0.717) is 0 Å². The molecule has 2 aromatic rings. The van der Waals surface area contributed by atoms with Crippen LogP contribution in [-0.4, -0.2) is 12.6 Å². The molecule has 4 rings (SSSR count). The summed E-state index contributed by atoms with van der Waals surface area (Å²) in [5.74, 6) is 0. The van der Waals surface area contributed by atoms with E-state index in [1.54, 1.807) is 0 Å². The predicted octanol–water partition coefficient (Wildman–Crippen LogP) is 4.22. The highest BCUT2D eigenvalue weighted by molar-refractivity contribution is 7.10. The van der Waals surface area contributed by atoms with Crippen molar-refractivity contribution in [3.63, 3.8) is 0 Å². The Morgan fingerprint density at radius 2 is 2.19 bits per heavy atom. The minimum Gasteiger partial charge on any atom is -0.366 e. The van der Waals surface area contributed by atoms with E-state index < -0.39 is 0 Å². The molecule has 2 aliphatic rings. The largest absolute Gasteiger partial charge is 0.366 e. The van der Waals surface area contributed by atoms with Crippen molar-refractivity contribution in [3.8, 4) is 0 Å². The summed E-state index contributed by atoms with van der Waals surface area (Å²) in [5, 5.41) is 6.61. The van der Waals surface area contributed by atoms with Gasteiger partial charge in [-0.25, -0.2) is 0 Å². The van der Waals surface area contributed by atoms with Crippen molar-refractivity contribution in [1.82, 2.24) is 5.32 Å². The summed E-state index contributed by atoms with van der Waals surface area (Å²) in [6.45, 7) is 2.98. The van der Waals surface area contributed by atoms with Crippen LogP contribution in [0.5, 0.6) is 0 Å². The van der Waals surface area contributed by atoms with Crippen LogP contribution in [0.15, 0.2) is 29.6 Å². The first-order valence-electron chi connectivity index (χ1n) is 7.61. The third-order valence-corrected chi connectivity index (χ3v) is 5.66. The maximum atomic E-state index is 6.53. The number of hydrogen-bond donors (Lipinski definition) is 1. The van der Waals surface area contributed by atoms with Crippen LogP contribution in [0.3, 0.4) is 0 Å². The highest BCUT2D eigenvalue weighted by Crippen LogP contribution is 2.33. The van der Waals surface area contributed by atoms with Crippen LogP contribution >= 0.6 is 22.9 Å². The van der Waals surface area contributed by atoms with E-state index in [2.05, 4.69) is 39.9 Å². The number of anilines is 1. The predicted molar refractivity (Wildman–Crippen MR) is 90.4 cm³/mol. The van der Waals surface area contributed by atoms with Gasteiger partial charge >= 0.3 is 0 Å². The van der Waals surface area contributed by atoms with Crippen LogP contribution in [-0.2, 0) is 19.5 Å². The fourth-order valence-corrected chi connectivity index (χ4v) is 4.13. The molecular formula is C17H19ClN2S. The lowest BCUT2D eigenvalue weighted by Crippen LogP contribution is -2.29. The molecule has 110 valence electrons. The molecule has 2 nitrogen and oxygen atoms in total. The van der Waals surface area contributed by atoms with E-state index in [1.807, 2.05) is 11.3 Å². The molecule has 0 amide bonds. The Morgan fingerprint density at radius 3 is 3.00 bits per heavy atom. The Bertz CT molecular complexity index is 648. The zero-order valence-electron chi connectivity index (χ0n) is 11.9. The van der Waals surface area contributed by atoms with Crippen LogP contribution in [0.2, 0.25) is 5.02 Å². The van der Waals surface area contributed by atoms with E-state index >= 15 is 0 Å². The number of nitrogens with zero attached hydrogens (tertiary/aromatic N) is 1. The average Bonchev–Trinajstić information content (AvgIpc) is 3.21. The van der Waals surface area contributed by atoms with Crippen LogP contribution in [0.4, 0.5) is 5.69 Å². The number of halogens is 1. The fourth-order valence-electron chi connectivity index (χ4n) is 2.92. The maximum Gasteiger partial charge on any atom is 0.0642 e. The van der Waals surface area contributed by atoms with Gasteiger partial charge in [-0.05, 0) is 54.0 Å². The zero-order valence-corrected chi connectivity index (χ0v) is 13.5. The lowest BCUT2D eigenvalue weighted by atomic mass is 10.1. The smallest absolute Gasteiger partial charge is 0.0642 e. The molecule has 1 aromatic carbocycles. The third-order valence-electron chi connectivity index (χ3n) is 4.33. The van der Waals surface area contributed by atoms with Crippen LogP contribution < -0.4 is 10.2 Å². The molecule has 2 heterocycles. The summed E-state index contributed by atoms with van der Waals surface area (Å²) in [6, 6.07) is 9.50. The molecule has 1 aromatic heterocycles. The minimum absolute atomic E-state index is 0.738. The normalized spacial score (nSPS) is 17.9. The average molecular weight is 319 g/mol. The summed E-state index contributed by atoms with van der Waals surface area (Å²) in [4.78, 5) is 3.93. The van der Waals surface area contributed by atoms with E-state index in [1.165, 1.54) is 34.5 Å². The topological polar surface area (TPSA) is 15.3 Å². The van der Waals surface area contributed by atoms with Crippen molar-refractivity contribution in [3.05, 3.63) is 50.7 Å². The van der Waals surface area contributed by atoms with E-state index in [9.17, 15) is 0 Å². The lowest BCUT2D eigenvalue weighted by Gasteiger charge is -2.30. The quantitative estimate of drug-likeness (QED) is 0.908. The van der Waals surface area contributed by atoms with E-state index in [4.69, 9.17) is 11.6 Å². The monoisotopic (exact) mass is 318 g/mol. The Labute approximate surface area is 134 Å². The molecule has 0 bridgehead atoms. The molecule has 0 saturated heterocycles. The second-order valence-electron chi connectivity index (χ2n) is 5.98. The Hall–Kier alpha value is -1.03. The molecule has 1 N–H and O–H groups in total. The van der Waals surface area contributed by atoms with Crippen molar-refractivity contribution >= 4 is 28.6 Å². The van der Waals surface area contributed by atoms with Gasteiger partial charge in [-0.3, -0.25) is 0 Å². The van der Waals surface area contributed by atoms with Gasteiger partial charge in [0.1, 0.15) is 0 Å². The second kappa shape index (κ2) is 5.64. The van der Waals surface area contributed by atoms with Gasteiger partial charge in [-0.2, -0.15) is 0 Å². The molecule has 0 radical (unpaired) electrons. The van der Waals surface area contributed by atoms with E-state index in [0.717, 1.165) is 37.1 Å². The Morgan fingerprint density at radius 1 is 1.29 bits per heavy atom. The molecule has 21 heavy (non-hydrogen) atoms. The first-order chi connectivity index (χ1) is 10.3. The van der Waals surface area contributed by atoms with Crippen LogP contribution in [0.1, 0.15) is 28.8 Å². The van der Waals surface area contributed by atoms with Crippen LogP contribution in [0, 0.1) is 0 Å². The number of thiophene rings is 1. The van der Waals surface area contributed by atoms with Gasteiger partial charge < -0.3 is 10.2 Å². The summed E-state index contributed by atoms with van der Waals surface area (Å²) < 4.78 is 0. The van der Waals surface area contributed by atoms with Crippen molar-refractivity contribution in [1.29, 1.82) is 0 Å². The fraction of sp³-hybridized carbons (Fsp3) is 0.412. The summed E-state index contributed by atoms with van der Waals surface area (Å²) >= 11 is 8.40. The lowest BCUT2D eigenvalue weighted by molar-refractivity contribution is 0.687. The molecule has 1 fully saturated rings. The van der Waals surface area contributed by atoms with Gasteiger partial charge in [0.2, 0.25) is 0 Å². The summed E-state index contributed by atoms with van der Waals surface area (Å²) in [5.41, 5.74) is 3.91. The summed E-state index contributed by atoms with van der Waals surface area (Å²) in [6.07, 6.45) is 3.78. The number of nitrogens with one attached hydrogen (secondary N) is 1. The molecule has 0 unspecified atom stereocenters. The maximum absolute atomic E-state index is 6.53. The molecular weight excluding hydrogens is 300 g/mol. The van der Waals surface area contributed by atoms with Gasteiger partial charge in [0.25, 0.3) is 0 Å². The standard InChI is InChI=1S/C17H19ClN2S/c18-15-9-12(10-19-14-2-3-14)1-4-16(15)20-7-5-17-13(11-20)6-8-21-17/h1,4,6,8-9,14,19H,2-3,5,7,10-11H2. The zero-order chi connectivity index (χ0) is 14.2. The molecule has 4 heteroatoms. The number of fused-ring (bicyclic) bond motifs is 1. The van der Waals surface area contributed by atoms with Gasteiger partial charge in [0.05, 0.1) is 10.7 Å². The molecule has 0 spiro atoms. The van der Waals surface area contributed by atoms with Crippen molar-refractivity contribution in [2.24, 2.45) is 0 Å². The molecule has 1 aliphatic carbocycles. The van der Waals surface area contributed by atoms with Crippen molar-refractivity contribution < 1.29 is 0 Å². The van der Waals surface area contributed by atoms with Gasteiger partial charge in [0.15, 0.2) is 0 Å². The number of benzene rings is 1. The van der Waals surface area contributed by atoms with Crippen LogP contribution in [0.25, 0.3) is 0 Å². The first-order valence-corrected chi connectivity index (χ1v) is 8.87. The third kappa shape index (κ3) is 2.96. The van der Waals surface area contributed by atoms with Crippen molar-refractivity contribution in [2.45, 2.75) is 38.4 Å². The Kier molecular flexibility index (Phi) is 3.66. The highest BCUT2D eigenvalue weighted by Gasteiger charge is 2.21. The highest BCUT2D eigenvalue weighted by atomic mass is 35.5. The SMILES string of the molecule is Clc1cc(CNC2CC2)ccc1N1CCc2sccc2C1.